The first-order valence-corrected chi connectivity index (χ1v) is 4.05. The van der Waals surface area contributed by atoms with Gasteiger partial charge in [-0.3, -0.25) is 0 Å². The number of aliphatic hydroxyl groups is 1. The summed E-state index contributed by atoms with van der Waals surface area (Å²) in [6.07, 6.45) is 1.38. The SMILES string of the molecule is CC(C)(O)Cn1cnc(C#N)c1C#N. The lowest BCUT2D eigenvalue weighted by Gasteiger charge is -2.17. The Hall–Kier alpha value is -1.85. The second-order valence-corrected chi connectivity index (χ2v) is 3.61. The van der Waals surface area contributed by atoms with E-state index < -0.39 is 5.60 Å². The first-order chi connectivity index (χ1) is 6.48. The van der Waals surface area contributed by atoms with Crippen LogP contribution < -0.4 is 0 Å². The molecule has 1 aromatic rings. The van der Waals surface area contributed by atoms with Crippen LogP contribution in [0.4, 0.5) is 0 Å². The van der Waals surface area contributed by atoms with Gasteiger partial charge in [-0.1, -0.05) is 0 Å². The molecule has 0 aromatic carbocycles. The van der Waals surface area contributed by atoms with E-state index in [2.05, 4.69) is 4.98 Å². The molecule has 0 aliphatic carbocycles. The Morgan fingerprint density at radius 1 is 1.50 bits per heavy atom. The summed E-state index contributed by atoms with van der Waals surface area (Å²) in [4.78, 5) is 3.76. The molecule has 72 valence electrons. The van der Waals surface area contributed by atoms with Crippen molar-refractivity contribution in [2.45, 2.75) is 26.0 Å². The third-order valence-corrected chi connectivity index (χ3v) is 1.61. The first-order valence-electron chi connectivity index (χ1n) is 4.05. The van der Waals surface area contributed by atoms with Crippen molar-refractivity contribution < 1.29 is 5.11 Å². The maximum Gasteiger partial charge on any atom is 0.176 e. The van der Waals surface area contributed by atoms with Crippen molar-refractivity contribution in [3.8, 4) is 12.1 Å². The Balaban J connectivity index is 3.08. The summed E-state index contributed by atoms with van der Waals surface area (Å²) in [5, 5.41) is 26.9. The highest BCUT2D eigenvalue weighted by molar-refractivity contribution is 5.36. The van der Waals surface area contributed by atoms with Crippen LogP contribution in [0.25, 0.3) is 0 Å². The minimum atomic E-state index is -0.932. The van der Waals surface area contributed by atoms with Gasteiger partial charge in [0.05, 0.1) is 18.5 Å². The molecule has 1 heterocycles. The van der Waals surface area contributed by atoms with Gasteiger partial charge in [0.1, 0.15) is 12.1 Å². The minimum absolute atomic E-state index is 0.0942. The van der Waals surface area contributed by atoms with Crippen LogP contribution in [-0.2, 0) is 6.54 Å². The summed E-state index contributed by atoms with van der Waals surface area (Å²) in [6.45, 7) is 3.49. The summed E-state index contributed by atoms with van der Waals surface area (Å²) in [5.74, 6) is 0. The molecule has 0 aliphatic heterocycles. The number of rotatable bonds is 2. The molecule has 5 nitrogen and oxygen atoms in total. The topological polar surface area (TPSA) is 85.6 Å². The largest absolute Gasteiger partial charge is 0.389 e. The molecule has 0 atom stereocenters. The van der Waals surface area contributed by atoms with E-state index in [1.54, 1.807) is 13.8 Å². The maximum absolute atomic E-state index is 9.53. The maximum atomic E-state index is 9.53. The first kappa shape index (κ1) is 10.2. The molecule has 0 amide bonds. The summed E-state index contributed by atoms with van der Waals surface area (Å²) >= 11 is 0. The van der Waals surface area contributed by atoms with E-state index in [1.165, 1.54) is 10.9 Å². The second-order valence-electron chi connectivity index (χ2n) is 3.61. The summed E-state index contributed by atoms with van der Waals surface area (Å²) < 4.78 is 1.47. The predicted octanol–water partition coefficient (Wildman–Crippen LogP) is 0.397. The Bertz CT molecular complexity index is 413. The minimum Gasteiger partial charge on any atom is -0.389 e. The van der Waals surface area contributed by atoms with Gasteiger partial charge >= 0.3 is 0 Å². The summed E-state index contributed by atoms with van der Waals surface area (Å²) in [5.41, 5.74) is -0.648. The molecular formula is C9H10N4O. The zero-order valence-corrected chi connectivity index (χ0v) is 8.02. The monoisotopic (exact) mass is 190 g/mol. The van der Waals surface area contributed by atoms with Gasteiger partial charge in [0.25, 0.3) is 0 Å². The Labute approximate surface area is 81.8 Å². The summed E-state index contributed by atoms with van der Waals surface area (Å²) in [7, 11) is 0. The molecule has 1 rings (SSSR count). The number of hydrogen-bond acceptors (Lipinski definition) is 4. The van der Waals surface area contributed by atoms with E-state index in [1.807, 2.05) is 12.1 Å². The van der Waals surface area contributed by atoms with E-state index in [0.717, 1.165) is 0 Å². The molecule has 0 fully saturated rings. The quantitative estimate of drug-likeness (QED) is 0.731. The Morgan fingerprint density at radius 2 is 2.14 bits per heavy atom. The molecule has 0 saturated carbocycles. The van der Waals surface area contributed by atoms with Gasteiger partial charge in [-0.05, 0) is 13.8 Å². The van der Waals surface area contributed by atoms with Gasteiger partial charge in [-0.25, -0.2) is 4.98 Å². The van der Waals surface area contributed by atoms with E-state index in [0.29, 0.717) is 0 Å². The van der Waals surface area contributed by atoms with Crippen LogP contribution in [0.15, 0.2) is 6.33 Å². The average molecular weight is 190 g/mol. The highest BCUT2D eigenvalue weighted by Crippen LogP contribution is 2.10. The van der Waals surface area contributed by atoms with Gasteiger partial charge in [-0.2, -0.15) is 10.5 Å². The van der Waals surface area contributed by atoms with Crippen LogP contribution >= 0.6 is 0 Å². The fourth-order valence-electron chi connectivity index (χ4n) is 1.12. The predicted molar refractivity (Wildman–Crippen MR) is 48.0 cm³/mol. The van der Waals surface area contributed by atoms with Crippen molar-refractivity contribution in [1.82, 2.24) is 9.55 Å². The molecule has 0 spiro atoms. The van der Waals surface area contributed by atoms with Gasteiger partial charge < -0.3 is 9.67 Å². The lowest BCUT2D eigenvalue weighted by molar-refractivity contribution is 0.0612. The van der Waals surface area contributed by atoms with Crippen molar-refractivity contribution in [3.63, 3.8) is 0 Å². The van der Waals surface area contributed by atoms with E-state index in [4.69, 9.17) is 10.5 Å². The molecule has 0 bridgehead atoms. The third kappa shape index (κ3) is 2.09. The van der Waals surface area contributed by atoms with Crippen molar-refractivity contribution >= 4 is 0 Å². The van der Waals surface area contributed by atoms with Gasteiger partial charge in [0.15, 0.2) is 11.4 Å². The van der Waals surface area contributed by atoms with Gasteiger partial charge in [-0.15, -0.1) is 0 Å². The van der Waals surface area contributed by atoms with Crippen LogP contribution in [0.1, 0.15) is 25.2 Å². The lowest BCUT2D eigenvalue weighted by atomic mass is 10.1. The molecular weight excluding hydrogens is 180 g/mol. The zero-order chi connectivity index (χ0) is 10.8. The van der Waals surface area contributed by atoms with E-state index >= 15 is 0 Å². The Morgan fingerprint density at radius 3 is 2.57 bits per heavy atom. The fourth-order valence-corrected chi connectivity index (χ4v) is 1.12. The summed E-state index contributed by atoms with van der Waals surface area (Å²) in [6, 6.07) is 3.70. The van der Waals surface area contributed by atoms with Crippen LogP contribution in [-0.4, -0.2) is 20.3 Å². The molecule has 14 heavy (non-hydrogen) atoms. The number of aromatic nitrogens is 2. The second kappa shape index (κ2) is 3.49. The lowest BCUT2D eigenvalue weighted by Crippen LogP contribution is -2.26. The van der Waals surface area contributed by atoms with Crippen molar-refractivity contribution in [2.24, 2.45) is 0 Å². The normalized spacial score (nSPS) is 10.6. The van der Waals surface area contributed by atoms with Crippen LogP contribution in [0.3, 0.4) is 0 Å². The Kier molecular flexibility index (Phi) is 2.55. The highest BCUT2D eigenvalue weighted by atomic mass is 16.3. The standard InChI is InChI=1S/C9H10N4O/c1-9(2,14)5-13-6-12-7(3-10)8(13)4-11/h6,14H,5H2,1-2H3. The number of nitriles is 2. The van der Waals surface area contributed by atoms with Crippen LogP contribution in [0.2, 0.25) is 0 Å². The van der Waals surface area contributed by atoms with E-state index in [9.17, 15) is 5.11 Å². The molecule has 1 N–H and O–H groups in total. The molecule has 5 heteroatoms. The fraction of sp³-hybridized carbons (Fsp3) is 0.444. The number of imidazole rings is 1. The van der Waals surface area contributed by atoms with Gasteiger partial charge in [0, 0.05) is 0 Å². The zero-order valence-electron chi connectivity index (χ0n) is 8.02. The van der Waals surface area contributed by atoms with Gasteiger partial charge in [0.2, 0.25) is 0 Å². The number of nitrogens with zero attached hydrogens (tertiary/aromatic N) is 4. The molecule has 0 radical (unpaired) electrons. The third-order valence-electron chi connectivity index (χ3n) is 1.61. The molecule has 0 unspecified atom stereocenters. The van der Waals surface area contributed by atoms with Crippen molar-refractivity contribution in [3.05, 3.63) is 17.7 Å². The number of hydrogen-bond donors (Lipinski definition) is 1. The van der Waals surface area contributed by atoms with E-state index in [-0.39, 0.29) is 17.9 Å². The van der Waals surface area contributed by atoms with Crippen molar-refractivity contribution in [1.29, 1.82) is 10.5 Å². The van der Waals surface area contributed by atoms with Crippen molar-refractivity contribution in [2.75, 3.05) is 0 Å². The van der Waals surface area contributed by atoms with Crippen LogP contribution in [0.5, 0.6) is 0 Å². The smallest absolute Gasteiger partial charge is 0.176 e. The average Bonchev–Trinajstić information content (AvgIpc) is 2.43. The highest BCUT2D eigenvalue weighted by Gasteiger charge is 2.17. The molecule has 1 aromatic heterocycles. The van der Waals surface area contributed by atoms with Crippen LogP contribution in [0, 0.1) is 22.7 Å². The molecule has 0 saturated heterocycles. The molecule has 0 aliphatic rings.